The maximum Gasteiger partial charge on any atom is 0.341 e. The summed E-state index contributed by atoms with van der Waals surface area (Å²) in [6, 6.07) is 3.69. The Morgan fingerprint density at radius 3 is 2.97 bits per heavy atom. The summed E-state index contributed by atoms with van der Waals surface area (Å²) in [5.74, 6) is -1.40. The normalized spacial score (nSPS) is 12.8. The SMILES string of the molecule is CCOC(=O)c1c(NC(=O)Cn2cnc3cc(F)ccc3c2=O)sc2c1CCC2. The van der Waals surface area contributed by atoms with Crippen molar-refractivity contribution in [2.75, 3.05) is 11.9 Å². The summed E-state index contributed by atoms with van der Waals surface area (Å²) in [6.45, 7) is 1.70. The van der Waals surface area contributed by atoms with E-state index in [9.17, 15) is 18.8 Å². The summed E-state index contributed by atoms with van der Waals surface area (Å²) < 4.78 is 19.6. The summed E-state index contributed by atoms with van der Waals surface area (Å²) >= 11 is 1.37. The molecule has 2 heterocycles. The number of anilines is 1. The van der Waals surface area contributed by atoms with Crippen LogP contribution in [0.4, 0.5) is 9.39 Å². The minimum absolute atomic E-state index is 0.226. The molecule has 0 spiro atoms. The fourth-order valence-corrected chi connectivity index (χ4v) is 4.77. The molecule has 2 aromatic heterocycles. The summed E-state index contributed by atoms with van der Waals surface area (Å²) in [5.41, 5.74) is 1.14. The number of amides is 1. The van der Waals surface area contributed by atoms with Crippen molar-refractivity contribution in [2.24, 2.45) is 0 Å². The Labute approximate surface area is 169 Å². The number of carbonyl (C=O) groups is 2. The van der Waals surface area contributed by atoms with Crippen LogP contribution in [0.2, 0.25) is 0 Å². The zero-order chi connectivity index (χ0) is 20.5. The van der Waals surface area contributed by atoms with Crippen LogP contribution in [-0.2, 0) is 28.9 Å². The van der Waals surface area contributed by atoms with Gasteiger partial charge < -0.3 is 10.1 Å². The summed E-state index contributed by atoms with van der Waals surface area (Å²) in [7, 11) is 0. The minimum atomic E-state index is -0.489. The van der Waals surface area contributed by atoms with E-state index in [4.69, 9.17) is 4.74 Å². The minimum Gasteiger partial charge on any atom is -0.462 e. The predicted octanol–water partition coefficient (Wildman–Crippen LogP) is 2.90. The van der Waals surface area contributed by atoms with Gasteiger partial charge in [-0.25, -0.2) is 14.2 Å². The topological polar surface area (TPSA) is 90.3 Å². The number of nitrogens with zero attached hydrogens (tertiary/aromatic N) is 2. The third-order valence-electron chi connectivity index (χ3n) is 4.76. The molecule has 0 bridgehead atoms. The summed E-state index contributed by atoms with van der Waals surface area (Å²) in [5, 5.41) is 3.42. The van der Waals surface area contributed by atoms with Gasteiger partial charge in [0.25, 0.3) is 5.56 Å². The van der Waals surface area contributed by atoms with Crippen molar-refractivity contribution in [2.45, 2.75) is 32.7 Å². The second-order valence-electron chi connectivity index (χ2n) is 6.67. The van der Waals surface area contributed by atoms with Gasteiger partial charge in [-0.3, -0.25) is 14.2 Å². The number of nitrogens with one attached hydrogen (secondary N) is 1. The first-order chi connectivity index (χ1) is 14.0. The van der Waals surface area contributed by atoms with Gasteiger partial charge in [0.05, 0.1) is 29.4 Å². The van der Waals surface area contributed by atoms with Crippen LogP contribution in [0, 0.1) is 5.82 Å². The highest BCUT2D eigenvalue weighted by atomic mass is 32.1. The Bertz CT molecular complexity index is 1180. The molecule has 0 unspecified atom stereocenters. The number of hydrogen-bond donors (Lipinski definition) is 1. The number of carbonyl (C=O) groups excluding carboxylic acids is 2. The Kier molecular flexibility index (Phi) is 5.14. The molecule has 0 aliphatic heterocycles. The molecular formula is C20H18FN3O4S. The number of rotatable bonds is 5. The van der Waals surface area contributed by atoms with Crippen LogP contribution in [0.3, 0.4) is 0 Å². The van der Waals surface area contributed by atoms with Gasteiger partial charge in [-0.05, 0) is 43.9 Å². The van der Waals surface area contributed by atoms with Crippen LogP contribution < -0.4 is 10.9 Å². The van der Waals surface area contributed by atoms with E-state index in [1.807, 2.05) is 0 Å². The van der Waals surface area contributed by atoms with Crippen molar-refractivity contribution in [1.29, 1.82) is 0 Å². The Morgan fingerprint density at radius 2 is 2.17 bits per heavy atom. The van der Waals surface area contributed by atoms with E-state index in [0.29, 0.717) is 10.6 Å². The molecular weight excluding hydrogens is 397 g/mol. The monoisotopic (exact) mass is 415 g/mol. The lowest BCUT2D eigenvalue weighted by molar-refractivity contribution is -0.116. The molecule has 1 aliphatic carbocycles. The van der Waals surface area contributed by atoms with E-state index in [1.165, 1.54) is 35.9 Å². The number of fused-ring (bicyclic) bond motifs is 2. The maximum atomic E-state index is 13.3. The van der Waals surface area contributed by atoms with Crippen LogP contribution in [0.15, 0.2) is 29.3 Å². The van der Waals surface area contributed by atoms with Crippen LogP contribution in [0.5, 0.6) is 0 Å². The summed E-state index contributed by atoms with van der Waals surface area (Å²) in [6.07, 6.45) is 3.83. The molecule has 7 nitrogen and oxygen atoms in total. The third kappa shape index (κ3) is 3.65. The number of esters is 1. The standard InChI is InChI=1S/C20H18FN3O4S/c1-2-28-20(27)17-13-4-3-5-15(13)29-18(17)23-16(25)9-24-10-22-14-8-11(21)6-7-12(14)19(24)26/h6-8,10H,2-5,9H2,1H3,(H,23,25). The predicted molar refractivity (Wildman–Crippen MR) is 107 cm³/mol. The number of aryl methyl sites for hydroxylation is 1. The highest BCUT2D eigenvalue weighted by molar-refractivity contribution is 7.17. The van der Waals surface area contributed by atoms with Crippen LogP contribution >= 0.6 is 11.3 Å². The molecule has 29 heavy (non-hydrogen) atoms. The molecule has 150 valence electrons. The largest absolute Gasteiger partial charge is 0.462 e. The van der Waals surface area contributed by atoms with E-state index in [0.717, 1.165) is 34.3 Å². The van der Waals surface area contributed by atoms with Gasteiger partial charge in [-0.1, -0.05) is 0 Å². The average molecular weight is 415 g/mol. The number of halogens is 1. The first-order valence-electron chi connectivity index (χ1n) is 9.24. The average Bonchev–Trinajstić information content (AvgIpc) is 3.24. The van der Waals surface area contributed by atoms with Crippen molar-refractivity contribution in [3.05, 3.63) is 56.7 Å². The molecule has 1 N–H and O–H groups in total. The second-order valence-corrected chi connectivity index (χ2v) is 7.77. The van der Waals surface area contributed by atoms with Crippen molar-refractivity contribution in [3.63, 3.8) is 0 Å². The number of ether oxygens (including phenoxy) is 1. The molecule has 1 aliphatic rings. The molecule has 4 rings (SSSR count). The molecule has 3 aromatic rings. The van der Waals surface area contributed by atoms with Crippen LogP contribution in [-0.4, -0.2) is 28.0 Å². The Balaban J connectivity index is 1.59. The van der Waals surface area contributed by atoms with E-state index < -0.39 is 23.3 Å². The number of aromatic nitrogens is 2. The first-order valence-corrected chi connectivity index (χ1v) is 10.1. The van der Waals surface area contributed by atoms with E-state index >= 15 is 0 Å². The first kappa shape index (κ1) is 19.3. The molecule has 1 amide bonds. The number of benzene rings is 1. The second kappa shape index (κ2) is 7.75. The quantitative estimate of drug-likeness (QED) is 0.647. The molecule has 0 fully saturated rings. The molecule has 9 heteroatoms. The lowest BCUT2D eigenvalue weighted by Gasteiger charge is -2.09. The fraction of sp³-hybridized carbons (Fsp3) is 0.300. The molecule has 0 saturated carbocycles. The molecule has 0 saturated heterocycles. The molecule has 0 radical (unpaired) electrons. The van der Waals surface area contributed by atoms with Gasteiger partial charge in [0, 0.05) is 10.9 Å². The van der Waals surface area contributed by atoms with Gasteiger partial charge in [-0.15, -0.1) is 11.3 Å². The third-order valence-corrected chi connectivity index (χ3v) is 5.96. The zero-order valence-corrected chi connectivity index (χ0v) is 16.5. The molecule has 0 atom stereocenters. The lowest BCUT2D eigenvalue weighted by atomic mass is 10.1. The zero-order valence-electron chi connectivity index (χ0n) is 15.7. The highest BCUT2D eigenvalue weighted by Crippen LogP contribution is 2.39. The summed E-state index contributed by atoms with van der Waals surface area (Å²) in [4.78, 5) is 42.6. The highest BCUT2D eigenvalue weighted by Gasteiger charge is 2.28. The van der Waals surface area contributed by atoms with Crippen molar-refractivity contribution < 1.29 is 18.7 Å². The Morgan fingerprint density at radius 1 is 1.34 bits per heavy atom. The molecule has 1 aromatic carbocycles. The van der Waals surface area contributed by atoms with Crippen molar-refractivity contribution in [1.82, 2.24) is 9.55 Å². The van der Waals surface area contributed by atoms with Gasteiger partial charge in [0.2, 0.25) is 5.91 Å². The Hall–Kier alpha value is -3.07. The number of thiophene rings is 1. The van der Waals surface area contributed by atoms with Gasteiger partial charge in [0.15, 0.2) is 0 Å². The lowest BCUT2D eigenvalue weighted by Crippen LogP contribution is -2.28. The van der Waals surface area contributed by atoms with Crippen LogP contribution in [0.25, 0.3) is 10.9 Å². The van der Waals surface area contributed by atoms with E-state index in [2.05, 4.69) is 10.3 Å². The van der Waals surface area contributed by atoms with Gasteiger partial charge >= 0.3 is 5.97 Å². The van der Waals surface area contributed by atoms with Crippen molar-refractivity contribution in [3.8, 4) is 0 Å². The van der Waals surface area contributed by atoms with E-state index in [1.54, 1.807) is 6.92 Å². The van der Waals surface area contributed by atoms with Gasteiger partial charge in [-0.2, -0.15) is 0 Å². The maximum absolute atomic E-state index is 13.3. The van der Waals surface area contributed by atoms with Gasteiger partial charge in [0.1, 0.15) is 17.4 Å². The van der Waals surface area contributed by atoms with Crippen molar-refractivity contribution >= 4 is 39.1 Å². The van der Waals surface area contributed by atoms with Crippen LogP contribution in [0.1, 0.15) is 34.1 Å². The smallest absolute Gasteiger partial charge is 0.341 e. The van der Waals surface area contributed by atoms with E-state index in [-0.39, 0.29) is 24.1 Å². The fourth-order valence-electron chi connectivity index (χ4n) is 3.48. The number of hydrogen-bond acceptors (Lipinski definition) is 6.